The van der Waals surface area contributed by atoms with Gasteiger partial charge in [-0.2, -0.15) is 8.78 Å². The molecular formula is C26H24F4N2O6. The van der Waals surface area contributed by atoms with E-state index in [4.69, 9.17) is 4.74 Å². The second-order valence-corrected chi connectivity index (χ2v) is 9.30. The number of fused-ring (bicyclic) bond motifs is 1. The van der Waals surface area contributed by atoms with Crippen LogP contribution in [0.2, 0.25) is 0 Å². The van der Waals surface area contributed by atoms with Crippen LogP contribution in [0.5, 0.6) is 5.75 Å². The molecule has 0 aliphatic carbocycles. The third-order valence-electron chi connectivity index (χ3n) is 5.15. The predicted molar refractivity (Wildman–Crippen MR) is 127 cm³/mol. The van der Waals surface area contributed by atoms with E-state index in [0.717, 1.165) is 4.57 Å². The summed E-state index contributed by atoms with van der Waals surface area (Å²) in [7, 11) is 0. The Morgan fingerprint density at radius 3 is 2.26 bits per heavy atom. The minimum atomic E-state index is -1.86. The molecular weight excluding hydrogens is 512 g/mol. The Labute approximate surface area is 214 Å². The minimum Gasteiger partial charge on any atom is -0.479 e. The predicted octanol–water partition coefficient (Wildman–Crippen LogP) is 3.42. The van der Waals surface area contributed by atoms with E-state index in [1.165, 1.54) is 6.20 Å². The van der Waals surface area contributed by atoms with Gasteiger partial charge in [0.15, 0.2) is 23.2 Å². The van der Waals surface area contributed by atoms with Gasteiger partial charge >= 0.3 is 5.97 Å². The lowest BCUT2D eigenvalue weighted by atomic mass is 10.1. The fourth-order valence-corrected chi connectivity index (χ4v) is 3.47. The highest BCUT2D eigenvalue weighted by Crippen LogP contribution is 2.26. The molecule has 3 aromatic rings. The first-order valence-corrected chi connectivity index (χ1v) is 11.3. The molecule has 0 saturated carbocycles. The van der Waals surface area contributed by atoms with Crippen molar-refractivity contribution in [3.05, 3.63) is 76.2 Å². The first-order valence-electron chi connectivity index (χ1n) is 11.3. The van der Waals surface area contributed by atoms with E-state index in [1.807, 2.05) is 0 Å². The van der Waals surface area contributed by atoms with Gasteiger partial charge in [0.05, 0.1) is 6.42 Å². The number of nitrogens with one attached hydrogen (secondary N) is 1. The van der Waals surface area contributed by atoms with Crippen molar-refractivity contribution in [2.75, 3.05) is 6.61 Å². The van der Waals surface area contributed by atoms with Crippen LogP contribution >= 0.6 is 0 Å². The van der Waals surface area contributed by atoms with Crippen LogP contribution in [0.1, 0.15) is 27.2 Å². The molecule has 2 aromatic carbocycles. The number of benzene rings is 2. The summed E-state index contributed by atoms with van der Waals surface area (Å²) in [5.41, 5.74) is -1.41. The number of pyridine rings is 1. The van der Waals surface area contributed by atoms with E-state index in [0.29, 0.717) is 10.8 Å². The Bertz CT molecular complexity index is 1420. The van der Waals surface area contributed by atoms with Gasteiger partial charge in [-0.05, 0) is 38.3 Å². The molecule has 0 radical (unpaired) electrons. The number of carbonyl (C=O) groups is 3. The van der Waals surface area contributed by atoms with Crippen molar-refractivity contribution in [2.45, 2.75) is 45.4 Å². The van der Waals surface area contributed by atoms with Crippen LogP contribution in [0, 0.1) is 23.3 Å². The normalized spacial score (nSPS) is 12.2. The van der Waals surface area contributed by atoms with Crippen LogP contribution < -0.4 is 15.6 Å². The zero-order chi connectivity index (χ0) is 28.2. The third-order valence-corrected chi connectivity index (χ3v) is 5.15. The van der Waals surface area contributed by atoms with Crippen LogP contribution in [0.4, 0.5) is 17.6 Å². The fourth-order valence-electron chi connectivity index (χ4n) is 3.47. The van der Waals surface area contributed by atoms with Gasteiger partial charge in [0, 0.05) is 17.6 Å². The Morgan fingerprint density at radius 1 is 1.00 bits per heavy atom. The van der Waals surface area contributed by atoms with Crippen LogP contribution in [0.25, 0.3) is 10.8 Å². The Morgan fingerprint density at radius 2 is 1.63 bits per heavy atom. The lowest BCUT2D eigenvalue weighted by Gasteiger charge is -2.22. The number of Topliss-reactive ketones (excluding diaryl/α,β-unsaturated/α-hetero) is 1. The molecule has 0 aliphatic rings. The highest BCUT2D eigenvalue weighted by atomic mass is 19.2. The number of halogens is 4. The highest BCUT2D eigenvalue weighted by Gasteiger charge is 2.29. The van der Waals surface area contributed by atoms with Crippen LogP contribution in [0.3, 0.4) is 0 Å². The molecule has 1 aromatic heterocycles. The molecule has 0 bridgehead atoms. The smallest absolute Gasteiger partial charge is 0.308 e. The molecule has 12 heteroatoms. The maximum absolute atomic E-state index is 13.9. The topological polar surface area (TPSA) is 104 Å². The minimum absolute atomic E-state index is 0.0282. The maximum Gasteiger partial charge on any atom is 0.308 e. The largest absolute Gasteiger partial charge is 0.479 e. The van der Waals surface area contributed by atoms with E-state index in [1.54, 1.807) is 51.1 Å². The molecule has 1 amide bonds. The molecule has 0 fully saturated rings. The molecule has 202 valence electrons. The average molecular weight is 536 g/mol. The Hall–Kier alpha value is -4.22. The van der Waals surface area contributed by atoms with Crippen molar-refractivity contribution in [3.8, 4) is 5.75 Å². The second-order valence-electron chi connectivity index (χ2n) is 9.30. The highest BCUT2D eigenvalue weighted by molar-refractivity contribution is 5.93. The van der Waals surface area contributed by atoms with Gasteiger partial charge in [-0.15, -0.1) is 0 Å². The molecule has 0 saturated heterocycles. The van der Waals surface area contributed by atoms with E-state index in [9.17, 15) is 36.7 Å². The first kappa shape index (κ1) is 28.4. The molecule has 1 heterocycles. The van der Waals surface area contributed by atoms with Gasteiger partial charge in [-0.3, -0.25) is 19.2 Å². The van der Waals surface area contributed by atoms with Gasteiger partial charge in [0.1, 0.15) is 24.8 Å². The van der Waals surface area contributed by atoms with Crippen molar-refractivity contribution < 1.29 is 41.4 Å². The Balaban J connectivity index is 1.79. The van der Waals surface area contributed by atoms with Crippen molar-refractivity contribution in [2.24, 2.45) is 0 Å². The van der Waals surface area contributed by atoms with Gasteiger partial charge in [-0.1, -0.05) is 18.2 Å². The summed E-state index contributed by atoms with van der Waals surface area (Å²) in [6.45, 7) is 3.03. The van der Waals surface area contributed by atoms with Crippen LogP contribution in [0.15, 0.2) is 47.4 Å². The van der Waals surface area contributed by atoms with E-state index in [2.05, 4.69) is 10.1 Å². The first-order chi connectivity index (χ1) is 17.8. The SMILES string of the molecule is CC(C)(C)OC(=O)CC(NC(=O)Cn1ccc2ccccc2c1=O)C(=O)COc1c(F)c(F)cc(F)c1F. The molecule has 0 aliphatic heterocycles. The van der Waals surface area contributed by atoms with E-state index in [-0.39, 0.29) is 6.07 Å². The van der Waals surface area contributed by atoms with E-state index >= 15 is 0 Å². The molecule has 38 heavy (non-hydrogen) atoms. The van der Waals surface area contributed by atoms with Gasteiger partial charge in [0.2, 0.25) is 17.5 Å². The van der Waals surface area contributed by atoms with Gasteiger partial charge in [-0.25, -0.2) is 8.78 Å². The maximum atomic E-state index is 13.9. The van der Waals surface area contributed by atoms with Crippen molar-refractivity contribution >= 4 is 28.4 Å². The quantitative estimate of drug-likeness (QED) is 0.255. The lowest BCUT2D eigenvalue weighted by Crippen LogP contribution is -2.46. The zero-order valence-corrected chi connectivity index (χ0v) is 20.6. The van der Waals surface area contributed by atoms with Crippen molar-refractivity contribution in [1.29, 1.82) is 0 Å². The van der Waals surface area contributed by atoms with Crippen LogP contribution in [-0.4, -0.2) is 40.5 Å². The monoisotopic (exact) mass is 536 g/mol. The number of ketones is 1. The molecule has 1 atom stereocenters. The number of hydrogen-bond acceptors (Lipinski definition) is 6. The number of carbonyl (C=O) groups excluding carboxylic acids is 3. The number of aromatic nitrogens is 1. The summed E-state index contributed by atoms with van der Waals surface area (Å²) in [5.74, 6) is -11.5. The summed E-state index contributed by atoms with van der Waals surface area (Å²) in [6, 6.07) is 6.66. The van der Waals surface area contributed by atoms with Crippen molar-refractivity contribution in [1.82, 2.24) is 9.88 Å². The number of esters is 1. The number of ether oxygens (including phenoxy) is 2. The molecule has 1 unspecified atom stereocenters. The summed E-state index contributed by atoms with van der Waals surface area (Å²) in [5, 5.41) is 3.28. The second kappa shape index (κ2) is 11.4. The molecule has 8 nitrogen and oxygen atoms in total. The third kappa shape index (κ3) is 6.96. The standard InChI is InChI=1S/C26H24F4N2O6/c1-26(2,3)38-21(35)11-18(19(33)13-37-24-22(29)16(27)10-17(28)23(24)30)31-20(34)12-32-9-8-14-6-4-5-7-15(14)25(32)36/h4-10,18H,11-13H2,1-3H3,(H,31,34). The zero-order valence-electron chi connectivity index (χ0n) is 20.6. The van der Waals surface area contributed by atoms with Crippen molar-refractivity contribution in [3.63, 3.8) is 0 Å². The van der Waals surface area contributed by atoms with Gasteiger partial charge < -0.3 is 19.4 Å². The molecule has 0 spiro atoms. The van der Waals surface area contributed by atoms with Gasteiger partial charge in [0.25, 0.3) is 5.56 Å². The summed E-state index contributed by atoms with van der Waals surface area (Å²) < 4.78 is 65.6. The number of hydrogen-bond donors (Lipinski definition) is 1. The molecule has 3 rings (SSSR count). The number of rotatable bonds is 9. The van der Waals surface area contributed by atoms with Crippen LogP contribution in [-0.2, 0) is 25.7 Å². The summed E-state index contributed by atoms with van der Waals surface area (Å²) >= 11 is 0. The number of nitrogens with zero attached hydrogens (tertiary/aromatic N) is 1. The van der Waals surface area contributed by atoms with E-state index < -0.39 is 83.5 Å². The summed E-state index contributed by atoms with van der Waals surface area (Å²) in [6.07, 6.45) is 0.683. The lowest BCUT2D eigenvalue weighted by molar-refractivity contribution is -0.156. The number of amides is 1. The summed E-state index contributed by atoms with van der Waals surface area (Å²) in [4.78, 5) is 50.5. The fraction of sp³-hybridized carbons (Fsp3) is 0.308. The average Bonchev–Trinajstić information content (AvgIpc) is 2.83. The Kier molecular flexibility index (Phi) is 8.54. The molecule has 1 N–H and O–H groups in total.